The lowest BCUT2D eigenvalue weighted by molar-refractivity contribution is -0.484. The monoisotopic (exact) mass is 418 g/mol. The number of ketones is 2. The second-order valence-corrected chi connectivity index (χ2v) is 6.88. The molecule has 1 unspecified atom stereocenters. The summed E-state index contributed by atoms with van der Waals surface area (Å²) >= 11 is 0. The highest BCUT2D eigenvalue weighted by atomic mass is 16.6. The Morgan fingerprint density at radius 3 is 1.61 bits per heavy atom. The van der Waals surface area contributed by atoms with Gasteiger partial charge in [0.1, 0.15) is 0 Å². The molecule has 3 aromatic rings. The summed E-state index contributed by atoms with van der Waals surface area (Å²) in [4.78, 5) is 48.6. The van der Waals surface area contributed by atoms with Gasteiger partial charge in [0.2, 0.25) is 6.54 Å². The van der Waals surface area contributed by atoms with Crippen LogP contribution in [-0.2, 0) is 0 Å². The van der Waals surface area contributed by atoms with Crippen LogP contribution < -0.4 is 0 Å². The highest BCUT2D eigenvalue weighted by Gasteiger charge is 2.42. The number of carbonyl (C=O) groups is 2. The SMILES string of the molecule is O=C(c1ccccc1)C(C(=O)c1ccccc1)C(C[N+](=O)[O-])c1ccccc1[N+](=O)[O-]. The van der Waals surface area contributed by atoms with Crippen LogP contribution in [0.25, 0.3) is 0 Å². The van der Waals surface area contributed by atoms with Crippen molar-refractivity contribution in [2.75, 3.05) is 6.54 Å². The molecule has 0 bridgehead atoms. The summed E-state index contributed by atoms with van der Waals surface area (Å²) in [6, 6.07) is 21.4. The van der Waals surface area contributed by atoms with Gasteiger partial charge in [-0.25, -0.2) is 0 Å². The van der Waals surface area contributed by atoms with Crippen molar-refractivity contribution in [2.45, 2.75) is 5.92 Å². The van der Waals surface area contributed by atoms with Gasteiger partial charge in [-0.2, -0.15) is 0 Å². The van der Waals surface area contributed by atoms with Gasteiger partial charge in [0.05, 0.1) is 16.8 Å². The number of carbonyl (C=O) groups excluding carboxylic acids is 2. The molecule has 0 aliphatic carbocycles. The molecule has 1 atom stereocenters. The van der Waals surface area contributed by atoms with Crippen molar-refractivity contribution >= 4 is 17.3 Å². The van der Waals surface area contributed by atoms with E-state index in [1.807, 2.05) is 0 Å². The number of nitrogens with zero attached hydrogens (tertiary/aromatic N) is 2. The van der Waals surface area contributed by atoms with Gasteiger partial charge >= 0.3 is 0 Å². The Morgan fingerprint density at radius 1 is 0.710 bits per heavy atom. The van der Waals surface area contributed by atoms with Crippen LogP contribution in [0.2, 0.25) is 0 Å². The molecule has 8 heteroatoms. The molecule has 0 aliphatic rings. The summed E-state index contributed by atoms with van der Waals surface area (Å²) < 4.78 is 0. The molecule has 31 heavy (non-hydrogen) atoms. The average Bonchev–Trinajstić information content (AvgIpc) is 2.79. The summed E-state index contributed by atoms with van der Waals surface area (Å²) in [5.74, 6) is -4.08. The van der Waals surface area contributed by atoms with E-state index in [0.29, 0.717) is 0 Å². The first kappa shape index (κ1) is 21.5. The van der Waals surface area contributed by atoms with E-state index < -0.39 is 39.8 Å². The molecule has 0 heterocycles. The van der Waals surface area contributed by atoms with Gasteiger partial charge in [-0.15, -0.1) is 0 Å². The van der Waals surface area contributed by atoms with Crippen LogP contribution in [0.15, 0.2) is 84.9 Å². The number of benzene rings is 3. The molecule has 3 aromatic carbocycles. The Balaban J connectivity index is 2.21. The van der Waals surface area contributed by atoms with Gasteiger partial charge in [-0.05, 0) is 0 Å². The zero-order valence-electron chi connectivity index (χ0n) is 16.3. The van der Waals surface area contributed by atoms with Crippen LogP contribution in [0.3, 0.4) is 0 Å². The van der Waals surface area contributed by atoms with Crippen molar-refractivity contribution in [3.8, 4) is 0 Å². The molecular formula is C23H18N2O6. The van der Waals surface area contributed by atoms with Gasteiger partial charge in [0.25, 0.3) is 5.69 Å². The van der Waals surface area contributed by atoms with Crippen molar-refractivity contribution in [3.05, 3.63) is 122 Å². The fourth-order valence-electron chi connectivity index (χ4n) is 3.56. The van der Waals surface area contributed by atoms with Crippen LogP contribution in [0, 0.1) is 26.1 Å². The fourth-order valence-corrected chi connectivity index (χ4v) is 3.56. The molecule has 0 radical (unpaired) electrons. The van der Waals surface area contributed by atoms with Crippen LogP contribution in [0.5, 0.6) is 0 Å². The minimum Gasteiger partial charge on any atom is -0.293 e. The smallest absolute Gasteiger partial charge is 0.273 e. The van der Waals surface area contributed by atoms with Gasteiger partial charge in [-0.3, -0.25) is 29.8 Å². The maximum absolute atomic E-state index is 13.4. The second kappa shape index (κ2) is 9.53. The normalized spacial score (nSPS) is 11.6. The van der Waals surface area contributed by atoms with E-state index in [9.17, 15) is 29.8 Å². The van der Waals surface area contributed by atoms with E-state index in [-0.39, 0.29) is 22.4 Å². The maximum atomic E-state index is 13.4. The zero-order valence-corrected chi connectivity index (χ0v) is 16.3. The number of nitro groups is 2. The van der Waals surface area contributed by atoms with Crippen molar-refractivity contribution in [3.63, 3.8) is 0 Å². The number of hydrogen-bond acceptors (Lipinski definition) is 6. The molecule has 8 nitrogen and oxygen atoms in total. The summed E-state index contributed by atoms with van der Waals surface area (Å²) in [6.07, 6.45) is 0. The largest absolute Gasteiger partial charge is 0.293 e. The van der Waals surface area contributed by atoms with Gasteiger partial charge in [0.15, 0.2) is 11.6 Å². The standard InChI is InChI=1S/C23H18N2O6/c26-22(16-9-3-1-4-10-16)21(23(27)17-11-5-2-6-12-17)19(15-24(28)29)18-13-7-8-14-20(18)25(30)31/h1-14,19,21H,15H2. The van der Waals surface area contributed by atoms with Crippen LogP contribution >= 0.6 is 0 Å². The number of Topliss-reactive ketones (excluding diaryl/α,β-unsaturated/α-hetero) is 2. The van der Waals surface area contributed by atoms with E-state index in [1.54, 1.807) is 36.4 Å². The highest BCUT2D eigenvalue weighted by molar-refractivity contribution is 6.16. The number of nitro benzene ring substituents is 1. The van der Waals surface area contributed by atoms with Gasteiger partial charge in [0, 0.05) is 27.7 Å². The van der Waals surface area contributed by atoms with E-state index in [4.69, 9.17) is 0 Å². The second-order valence-electron chi connectivity index (χ2n) is 6.88. The van der Waals surface area contributed by atoms with E-state index in [0.717, 1.165) is 0 Å². The predicted octanol–water partition coefficient (Wildman–Crippen LogP) is 4.34. The van der Waals surface area contributed by atoms with E-state index in [2.05, 4.69) is 0 Å². The number of rotatable bonds is 9. The first-order valence-corrected chi connectivity index (χ1v) is 9.43. The molecule has 0 aromatic heterocycles. The van der Waals surface area contributed by atoms with E-state index in [1.165, 1.54) is 48.5 Å². The Kier molecular flexibility index (Phi) is 6.61. The summed E-state index contributed by atoms with van der Waals surface area (Å²) in [6.45, 7) is -0.813. The van der Waals surface area contributed by atoms with Crippen molar-refractivity contribution in [2.24, 2.45) is 5.92 Å². The maximum Gasteiger partial charge on any atom is 0.273 e. The fraction of sp³-hybridized carbons (Fsp3) is 0.130. The third-order valence-electron chi connectivity index (χ3n) is 4.96. The Hall–Kier alpha value is -4.20. The molecule has 0 N–H and O–H groups in total. The molecule has 0 aliphatic heterocycles. The third-order valence-corrected chi connectivity index (χ3v) is 4.96. The summed E-state index contributed by atoms with van der Waals surface area (Å²) in [5, 5.41) is 23.1. The molecule has 0 fully saturated rings. The topological polar surface area (TPSA) is 120 Å². The minimum absolute atomic E-state index is 0.0252. The molecular weight excluding hydrogens is 400 g/mol. The molecule has 156 valence electrons. The Morgan fingerprint density at radius 2 is 1.16 bits per heavy atom. The molecule has 0 saturated carbocycles. The predicted molar refractivity (Wildman–Crippen MR) is 113 cm³/mol. The van der Waals surface area contributed by atoms with Crippen molar-refractivity contribution in [1.82, 2.24) is 0 Å². The van der Waals surface area contributed by atoms with Crippen LogP contribution in [-0.4, -0.2) is 28.0 Å². The highest BCUT2D eigenvalue weighted by Crippen LogP contribution is 2.36. The zero-order chi connectivity index (χ0) is 22.4. The lowest BCUT2D eigenvalue weighted by Gasteiger charge is -2.23. The summed E-state index contributed by atoms with van der Waals surface area (Å²) in [7, 11) is 0. The van der Waals surface area contributed by atoms with Crippen LogP contribution in [0.4, 0.5) is 5.69 Å². The van der Waals surface area contributed by atoms with Gasteiger partial charge in [-0.1, -0.05) is 78.9 Å². The molecule has 0 amide bonds. The van der Waals surface area contributed by atoms with Gasteiger partial charge < -0.3 is 0 Å². The minimum atomic E-state index is -1.50. The van der Waals surface area contributed by atoms with Crippen molar-refractivity contribution in [1.29, 1.82) is 0 Å². The van der Waals surface area contributed by atoms with Crippen molar-refractivity contribution < 1.29 is 19.4 Å². The van der Waals surface area contributed by atoms with E-state index >= 15 is 0 Å². The van der Waals surface area contributed by atoms with Crippen LogP contribution in [0.1, 0.15) is 32.2 Å². The number of hydrogen-bond donors (Lipinski definition) is 0. The first-order valence-electron chi connectivity index (χ1n) is 9.43. The summed E-state index contributed by atoms with van der Waals surface area (Å²) in [5.41, 5.74) is -0.00346. The Bertz CT molecular complexity index is 1060. The molecule has 3 rings (SSSR count). The lowest BCUT2D eigenvalue weighted by atomic mass is 9.76. The third kappa shape index (κ3) is 4.87. The first-order chi connectivity index (χ1) is 14.9. The molecule has 0 saturated heterocycles. The quantitative estimate of drug-likeness (QED) is 0.221. The lowest BCUT2D eigenvalue weighted by Crippen LogP contribution is -2.34. The Labute approximate surface area is 177 Å². The molecule has 0 spiro atoms. The average molecular weight is 418 g/mol. The number of para-hydroxylation sites is 1.